The molecular formula is C27H24F3N7O3. The van der Waals surface area contributed by atoms with Crippen LogP contribution in [0.2, 0.25) is 0 Å². The number of hydrogen-bond acceptors (Lipinski definition) is 7. The van der Waals surface area contributed by atoms with E-state index >= 15 is 0 Å². The first-order chi connectivity index (χ1) is 19.1. The number of nitrogens with zero attached hydrogens (tertiary/aromatic N) is 5. The van der Waals surface area contributed by atoms with Gasteiger partial charge in [-0.05, 0) is 37.1 Å². The van der Waals surface area contributed by atoms with Gasteiger partial charge in [0.25, 0.3) is 11.8 Å². The number of fused-ring (bicyclic) bond motifs is 2. The van der Waals surface area contributed by atoms with Crippen LogP contribution in [0.5, 0.6) is 0 Å². The van der Waals surface area contributed by atoms with E-state index in [4.69, 9.17) is 10.7 Å². The molecule has 6 rings (SSSR count). The summed E-state index contributed by atoms with van der Waals surface area (Å²) in [5, 5.41) is 12.4. The first-order valence-electron chi connectivity index (χ1n) is 12.7. The number of nitrogens with two attached hydrogens (primary N) is 1. The van der Waals surface area contributed by atoms with E-state index in [1.165, 1.54) is 12.1 Å². The third-order valence-corrected chi connectivity index (χ3v) is 7.49. The second kappa shape index (κ2) is 9.59. The number of halogens is 3. The normalized spacial score (nSPS) is 21.1. The van der Waals surface area contributed by atoms with Crippen molar-refractivity contribution in [3.63, 3.8) is 0 Å². The molecule has 5 heterocycles. The molecule has 2 aliphatic heterocycles. The van der Waals surface area contributed by atoms with E-state index in [9.17, 15) is 27.9 Å². The lowest BCUT2D eigenvalue weighted by Gasteiger charge is -2.34. The third-order valence-electron chi connectivity index (χ3n) is 7.49. The first-order valence-corrected chi connectivity index (χ1v) is 12.7. The summed E-state index contributed by atoms with van der Waals surface area (Å²) < 4.78 is 40.8. The van der Waals surface area contributed by atoms with Crippen LogP contribution in [-0.4, -0.2) is 59.9 Å². The zero-order valence-corrected chi connectivity index (χ0v) is 21.0. The Morgan fingerprint density at radius 2 is 1.88 bits per heavy atom. The minimum absolute atomic E-state index is 0.0287. The van der Waals surface area contributed by atoms with Crippen molar-refractivity contribution in [3.05, 3.63) is 71.9 Å². The van der Waals surface area contributed by atoms with Crippen molar-refractivity contribution >= 4 is 29.0 Å². The number of rotatable bonds is 4. The van der Waals surface area contributed by atoms with E-state index in [2.05, 4.69) is 15.3 Å². The van der Waals surface area contributed by atoms with Gasteiger partial charge in [-0.25, -0.2) is 15.0 Å². The second-order valence-corrected chi connectivity index (χ2v) is 9.98. The Hall–Kier alpha value is -4.52. The third kappa shape index (κ3) is 4.51. The number of piperidine rings is 1. The van der Waals surface area contributed by atoms with Crippen molar-refractivity contribution < 1.29 is 27.9 Å². The maximum atomic E-state index is 13.0. The van der Waals surface area contributed by atoms with Gasteiger partial charge in [-0.2, -0.15) is 13.2 Å². The largest absolute Gasteiger partial charge is 0.416 e. The van der Waals surface area contributed by atoms with Crippen LogP contribution in [0.3, 0.4) is 0 Å². The monoisotopic (exact) mass is 551 g/mol. The van der Waals surface area contributed by atoms with E-state index in [0.29, 0.717) is 35.6 Å². The lowest BCUT2D eigenvalue weighted by Crippen LogP contribution is -2.42. The number of alkyl halides is 3. The standard InChI is InChI=1S/C27H24F3N7O3/c28-27(29,30)17-7-8-32-20(11-17)34-25(39)15-3-1-14(2-4-15)21-22-23(31)33-9-10-36(22)24(35-21)16-5-6-18-12-19(38)26(40)37(18)13-16/h1-4,7-11,16,18-19,38H,5-6,12-13H2,(H2,31,33)(H,32,34,39)/t16-,18-,19?/m0/s1. The maximum absolute atomic E-state index is 13.0. The molecule has 3 atom stereocenters. The van der Waals surface area contributed by atoms with Crippen LogP contribution in [0.4, 0.5) is 24.8 Å². The molecule has 2 fully saturated rings. The molecule has 4 aromatic rings. The number of carbonyl (C=O) groups is 2. The molecular weight excluding hydrogens is 527 g/mol. The predicted octanol–water partition coefficient (Wildman–Crippen LogP) is 3.48. The molecule has 0 bridgehead atoms. The number of nitrogen functional groups attached to an aromatic ring is 1. The molecule has 4 N–H and O–H groups in total. The summed E-state index contributed by atoms with van der Waals surface area (Å²) in [6.07, 6.45) is 0.772. The minimum Gasteiger partial charge on any atom is -0.383 e. The number of amides is 2. The van der Waals surface area contributed by atoms with Crippen molar-refractivity contribution in [2.45, 2.75) is 43.5 Å². The van der Waals surface area contributed by atoms with Crippen LogP contribution < -0.4 is 11.1 Å². The molecule has 206 valence electrons. The number of nitrogens with one attached hydrogen (secondary N) is 1. The molecule has 2 saturated heterocycles. The fourth-order valence-corrected chi connectivity index (χ4v) is 5.52. The van der Waals surface area contributed by atoms with E-state index < -0.39 is 23.8 Å². The van der Waals surface area contributed by atoms with Crippen molar-refractivity contribution in [2.75, 3.05) is 17.6 Å². The van der Waals surface area contributed by atoms with Gasteiger partial charge in [0.15, 0.2) is 0 Å². The molecule has 0 aliphatic carbocycles. The number of benzene rings is 1. The SMILES string of the molecule is Nc1nccn2c([C@H]3CC[C@H]4CC(O)C(=O)N4C3)nc(-c3ccc(C(=O)Nc4cc(C(F)(F)F)ccn4)cc3)c12. The Labute approximate surface area is 225 Å². The summed E-state index contributed by atoms with van der Waals surface area (Å²) in [5.41, 5.74) is 7.32. The highest BCUT2D eigenvalue weighted by molar-refractivity contribution is 6.04. The highest BCUT2D eigenvalue weighted by Crippen LogP contribution is 2.38. The molecule has 2 aliphatic rings. The molecule has 0 radical (unpaired) electrons. The number of aliphatic hydroxyl groups is 1. The molecule has 0 spiro atoms. The van der Waals surface area contributed by atoms with Crippen molar-refractivity contribution in [1.82, 2.24) is 24.3 Å². The van der Waals surface area contributed by atoms with Crippen LogP contribution in [0.1, 0.15) is 46.9 Å². The molecule has 2 amide bonds. The average molecular weight is 552 g/mol. The minimum atomic E-state index is -4.56. The Morgan fingerprint density at radius 3 is 2.62 bits per heavy atom. The van der Waals surface area contributed by atoms with E-state index in [1.54, 1.807) is 29.4 Å². The van der Waals surface area contributed by atoms with Gasteiger partial charge in [-0.15, -0.1) is 0 Å². The summed E-state index contributed by atoms with van der Waals surface area (Å²) in [6, 6.07) is 8.03. The molecule has 10 nitrogen and oxygen atoms in total. The molecule has 1 unspecified atom stereocenters. The number of anilines is 2. The van der Waals surface area contributed by atoms with Gasteiger partial charge in [0.05, 0.1) is 5.56 Å². The first kappa shape index (κ1) is 25.7. The Balaban J connectivity index is 1.28. The lowest BCUT2D eigenvalue weighted by atomic mass is 9.92. The number of hydrogen-bond donors (Lipinski definition) is 3. The van der Waals surface area contributed by atoms with Gasteiger partial charge in [0.2, 0.25) is 0 Å². The van der Waals surface area contributed by atoms with Gasteiger partial charge in [-0.3, -0.25) is 14.0 Å². The van der Waals surface area contributed by atoms with Gasteiger partial charge >= 0.3 is 6.18 Å². The molecule has 3 aromatic heterocycles. The topological polar surface area (TPSA) is 139 Å². The van der Waals surface area contributed by atoms with Crippen LogP contribution in [0.25, 0.3) is 16.8 Å². The van der Waals surface area contributed by atoms with Gasteiger partial charge in [-0.1, -0.05) is 12.1 Å². The zero-order valence-electron chi connectivity index (χ0n) is 21.0. The summed E-state index contributed by atoms with van der Waals surface area (Å²) >= 11 is 0. The fraction of sp³-hybridized carbons (Fsp3) is 0.296. The van der Waals surface area contributed by atoms with E-state index in [-0.39, 0.29) is 35.1 Å². The van der Waals surface area contributed by atoms with E-state index in [1.807, 2.05) is 4.40 Å². The van der Waals surface area contributed by atoms with Crippen LogP contribution >= 0.6 is 0 Å². The highest BCUT2D eigenvalue weighted by atomic mass is 19.4. The van der Waals surface area contributed by atoms with Gasteiger partial charge in [0.1, 0.15) is 34.8 Å². The smallest absolute Gasteiger partial charge is 0.383 e. The predicted molar refractivity (Wildman–Crippen MR) is 138 cm³/mol. The van der Waals surface area contributed by atoms with Crippen LogP contribution in [-0.2, 0) is 11.0 Å². The van der Waals surface area contributed by atoms with Gasteiger partial charge < -0.3 is 21.1 Å². The summed E-state index contributed by atoms with van der Waals surface area (Å²) in [6.45, 7) is 0.435. The summed E-state index contributed by atoms with van der Waals surface area (Å²) in [5.74, 6) is -0.209. The van der Waals surface area contributed by atoms with E-state index in [0.717, 1.165) is 31.2 Å². The Morgan fingerprint density at radius 1 is 1.10 bits per heavy atom. The van der Waals surface area contributed by atoms with Crippen molar-refractivity contribution in [3.8, 4) is 11.3 Å². The maximum Gasteiger partial charge on any atom is 0.416 e. The highest BCUT2D eigenvalue weighted by Gasteiger charge is 2.43. The lowest BCUT2D eigenvalue weighted by molar-refractivity contribution is -0.137. The molecule has 1 aromatic carbocycles. The number of carbonyl (C=O) groups excluding carboxylic acids is 2. The number of aliphatic hydroxyl groups excluding tert-OH is 1. The Bertz CT molecular complexity index is 1620. The summed E-state index contributed by atoms with van der Waals surface area (Å²) in [4.78, 5) is 39.8. The van der Waals surface area contributed by atoms with Crippen molar-refractivity contribution in [1.29, 1.82) is 0 Å². The number of imidazole rings is 1. The van der Waals surface area contributed by atoms with Crippen LogP contribution in [0, 0.1) is 0 Å². The second-order valence-electron chi connectivity index (χ2n) is 9.98. The van der Waals surface area contributed by atoms with Crippen molar-refractivity contribution in [2.24, 2.45) is 0 Å². The molecule has 40 heavy (non-hydrogen) atoms. The average Bonchev–Trinajstić information content (AvgIpc) is 3.46. The zero-order chi connectivity index (χ0) is 28.2. The quantitative estimate of drug-likeness (QED) is 0.353. The summed E-state index contributed by atoms with van der Waals surface area (Å²) in [7, 11) is 0. The molecule has 0 saturated carbocycles. The number of pyridine rings is 1. The number of aromatic nitrogens is 4. The van der Waals surface area contributed by atoms with Crippen LogP contribution in [0.15, 0.2) is 55.0 Å². The Kier molecular flexibility index (Phi) is 6.17. The molecule has 13 heteroatoms. The van der Waals surface area contributed by atoms with Gasteiger partial charge in [0, 0.05) is 54.6 Å². The fourth-order valence-electron chi connectivity index (χ4n) is 5.52.